The smallest absolute Gasteiger partial charge is 0.212 e. The average molecular weight is 327 g/mol. The first-order valence-electron chi connectivity index (χ1n) is 5.93. The van der Waals surface area contributed by atoms with Crippen molar-refractivity contribution in [2.45, 2.75) is 10.8 Å². The normalized spacial score (nSPS) is 11.6. The molecule has 20 heavy (non-hydrogen) atoms. The largest absolute Gasteiger partial charge is 0.230 e. The lowest BCUT2D eigenvalue weighted by atomic mass is 10.3. The first kappa shape index (κ1) is 15.3. The number of nitrogens with zero attached hydrogens (tertiary/aromatic N) is 2. The minimum atomic E-state index is -3.33. The molecule has 1 N–H and O–H groups in total. The molecule has 0 bridgehead atoms. The molecule has 0 amide bonds. The van der Waals surface area contributed by atoms with Crippen LogP contribution in [0.3, 0.4) is 0 Å². The van der Waals surface area contributed by atoms with Gasteiger partial charge in [-0.3, -0.25) is 0 Å². The maximum atomic E-state index is 11.5. The Labute approximate surface area is 126 Å². The summed E-state index contributed by atoms with van der Waals surface area (Å²) in [5.74, 6) is 0.722. The third-order valence-electron chi connectivity index (χ3n) is 2.43. The lowest BCUT2D eigenvalue weighted by molar-refractivity contribution is 0.584. The number of thiazole rings is 1. The van der Waals surface area contributed by atoms with E-state index in [2.05, 4.69) is 9.71 Å². The minimum Gasteiger partial charge on any atom is -0.230 e. The highest BCUT2D eigenvalue weighted by atomic mass is 32.2. The summed E-state index contributed by atoms with van der Waals surface area (Å²) in [5.41, 5.74) is 0.975. The Hall–Kier alpha value is -1.14. The molecule has 0 atom stereocenters. The molecule has 0 aliphatic heterocycles. The highest BCUT2D eigenvalue weighted by Crippen LogP contribution is 2.29. The fourth-order valence-corrected chi connectivity index (χ4v) is 4.75. The van der Waals surface area contributed by atoms with E-state index in [9.17, 15) is 8.42 Å². The average Bonchev–Trinajstić information content (AvgIpc) is 2.84. The number of para-hydroxylation sites is 1. The zero-order valence-corrected chi connectivity index (χ0v) is 13.0. The summed E-state index contributed by atoms with van der Waals surface area (Å²) in [6.45, 7) is -0.173. The van der Waals surface area contributed by atoms with Crippen LogP contribution in [0.5, 0.6) is 0 Å². The minimum absolute atomic E-state index is 0.0343. The lowest BCUT2D eigenvalue weighted by Crippen LogP contribution is -2.26. The van der Waals surface area contributed by atoms with Gasteiger partial charge >= 0.3 is 0 Å². The number of thioether (sulfide) groups is 1. The van der Waals surface area contributed by atoms with Crippen LogP contribution in [0.15, 0.2) is 28.6 Å². The van der Waals surface area contributed by atoms with E-state index in [0.29, 0.717) is 12.2 Å². The summed E-state index contributed by atoms with van der Waals surface area (Å²) >= 11 is 3.17. The molecule has 1 aromatic carbocycles. The fraction of sp³-hybridized carbons (Fsp3) is 0.333. The summed E-state index contributed by atoms with van der Waals surface area (Å²) < 4.78 is 27.2. The summed E-state index contributed by atoms with van der Waals surface area (Å²) in [6.07, 6.45) is 0.529. The van der Waals surface area contributed by atoms with Crippen LogP contribution in [0.1, 0.15) is 6.42 Å². The molecule has 1 heterocycles. The van der Waals surface area contributed by atoms with Gasteiger partial charge in [-0.25, -0.2) is 18.1 Å². The zero-order chi connectivity index (χ0) is 14.4. The number of nitriles is 1. The maximum absolute atomic E-state index is 11.5. The summed E-state index contributed by atoms with van der Waals surface area (Å²) in [5, 5.41) is 8.33. The molecule has 0 fully saturated rings. The number of benzene rings is 1. The van der Waals surface area contributed by atoms with E-state index in [1.54, 1.807) is 29.2 Å². The van der Waals surface area contributed by atoms with Gasteiger partial charge in [-0.2, -0.15) is 5.26 Å². The molecule has 5 nitrogen and oxygen atoms in total. The second-order valence-corrected chi connectivity index (χ2v) is 8.25. The fourth-order valence-electron chi connectivity index (χ4n) is 1.54. The van der Waals surface area contributed by atoms with E-state index < -0.39 is 10.0 Å². The SMILES string of the molecule is N#CCNS(=O)(=O)CCCSc1nc2ccccc2s1. The molecule has 1 aromatic heterocycles. The third-order valence-corrected chi connectivity index (χ3v) is 6.10. The Morgan fingerprint density at radius 3 is 2.95 bits per heavy atom. The van der Waals surface area contributed by atoms with E-state index in [1.807, 2.05) is 24.3 Å². The van der Waals surface area contributed by atoms with Crippen molar-refractivity contribution in [1.82, 2.24) is 9.71 Å². The number of sulfonamides is 1. The molecular formula is C12H13N3O2S3. The second kappa shape index (κ2) is 7.04. The van der Waals surface area contributed by atoms with Crippen molar-refractivity contribution in [3.8, 4) is 6.07 Å². The van der Waals surface area contributed by atoms with Crippen molar-refractivity contribution in [2.75, 3.05) is 18.1 Å². The first-order chi connectivity index (χ1) is 9.61. The van der Waals surface area contributed by atoms with E-state index in [4.69, 9.17) is 5.26 Å². The van der Waals surface area contributed by atoms with Crippen LogP contribution in [-0.2, 0) is 10.0 Å². The number of hydrogen-bond donors (Lipinski definition) is 1. The highest BCUT2D eigenvalue weighted by molar-refractivity contribution is 8.01. The topological polar surface area (TPSA) is 82.9 Å². The van der Waals surface area contributed by atoms with Crippen LogP contribution in [0.4, 0.5) is 0 Å². The number of aromatic nitrogens is 1. The van der Waals surface area contributed by atoms with Gasteiger partial charge in [0.15, 0.2) is 4.34 Å². The van der Waals surface area contributed by atoms with Crippen LogP contribution in [0.25, 0.3) is 10.2 Å². The quantitative estimate of drug-likeness (QED) is 0.479. The standard InChI is InChI=1S/C12H13N3O2S3/c13-6-7-14-20(16,17)9-3-8-18-12-15-10-4-1-2-5-11(10)19-12/h1-2,4-5,14H,3,7-9H2. The van der Waals surface area contributed by atoms with Gasteiger partial charge in [0.2, 0.25) is 10.0 Å². The van der Waals surface area contributed by atoms with Gasteiger partial charge in [0.1, 0.15) is 0 Å². The molecule has 0 spiro atoms. The van der Waals surface area contributed by atoms with Crippen molar-refractivity contribution >= 4 is 43.3 Å². The van der Waals surface area contributed by atoms with E-state index in [0.717, 1.165) is 14.6 Å². The van der Waals surface area contributed by atoms with Crippen molar-refractivity contribution < 1.29 is 8.42 Å². The van der Waals surface area contributed by atoms with Crippen LogP contribution < -0.4 is 4.72 Å². The molecule has 8 heteroatoms. The maximum Gasteiger partial charge on any atom is 0.212 e. The second-order valence-electron chi connectivity index (χ2n) is 3.95. The zero-order valence-electron chi connectivity index (χ0n) is 10.6. The molecule has 106 valence electrons. The molecule has 0 unspecified atom stereocenters. The van der Waals surface area contributed by atoms with E-state index >= 15 is 0 Å². The highest BCUT2D eigenvalue weighted by Gasteiger charge is 2.09. The summed E-state index contributed by atoms with van der Waals surface area (Å²) in [7, 11) is -3.33. The molecule has 0 saturated heterocycles. The Morgan fingerprint density at radius 1 is 1.40 bits per heavy atom. The summed E-state index contributed by atoms with van der Waals surface area (Å²) in [6, 6.07) is 9.66. The molecular weight excluding hydrogens is 314 g/mol. The van der Waals surface area contributed by atoms with Crippen molar-refractivity contribution in [3.05, 3.63) is 24.3 Å². The van der Waals surface area contributed by atoms with Crippen molar-refractivity contribution in [2.24, 2.45) is 0 Å². The predicted octanol–water partition coefficient (Wildman–Crippen LogP) is 2.22. The molecule has 2 aromatic rings. The molecule has 0 radical (unpaired) electrons. The predicted molar refractivity (Wildman–Crippen MR) is 82.4 cm³/mol. The summed E-state index contributed by atoms with van der Waals surface area (Å²) in [4.78, 5) is 4.47. The number of nitrogens with one attached hydrogen (secondary N) is 1. The monoisotopic (exact) mass is 327 g/mol. The molecule has 0 aliphatic carbocycles. The van der Waals surface area contributed by atoms with Crippen LogP contribution in [0.2, 0.25) is 0 Å². The van der Waals surface area contributed by atoms with Gasteiger partial charge in [-0.1, -0.05) is 23.9 Å². The Balaban J connectivity index is 1.80. The van der Waals surface area contributed by atoms with Gasteiger partial charge in [0, 0.05) is 5.75 Å². The van der Waals surface area contributed by atoms with Crippen molar-refractivity contribution in [1.29, 1.82) is 5.26 Å². The lowest BCUT2D eigenvalue weighted by Gasteiger charge is -2.02. The number of rotatable bonds is 7. The van der Waals surface area contributed by atoms with Crippen LogP contribution in [-0.4, -0.2) is 31.5 Å². The Morgan fingerprint density at radius 2 is 2.20 bits per heavy atom. The van der Waals surface area contributed by atoms with Gasteiger partial charge in [0.25, 0.3) is 0 Å². The molecule has 0 saturated carbocycles. The van der Waals surface area contributed by atoms with E-state index in [-0.39, 0.29) is 12.3 Å². The number of fused-ring (bicyclic) bond motifs is 1. The molecule has 0 aliphatic rings. The van der Waals surface area contributed by atoms with Gasteiger partial charge in [-0.15, -0.1) is 11.3 Å². The third kappa shape index (κ3) is 4.45. The van der Waals surface area contributed by atoms with Gasteiger partial charge in [0.05, 0.1) is 28.6 Å². The van der Waals surface area contributed by atoms with Crippen LogP contribution >= 0.6 is 23.1 Å². The Bertz CT molecular complexity index is 686. The van der Waals surface area contributed by atoms with Crippen LogP contribution in [0, 0.1) is 11.3 Å². The first-order valence-corrected chi connectivity index (χ1v) is 9.39. The van der Waals surface area contributed by atoms with Crippen molar-refractivity contribution in [3.63, 3.8) is 0 Å². The van der Waals surface area contributed by atoms with Gasteiger partial charge in [-0.05, 0) is 18.6 Å². The number of hydrogen-bond acceptors (Lipinski definition) is 6. The Kier molecular flexibility index (Phi) is 5.37. The molecule has 2 rings (SSSR count). The van der Waals surface area contributed by atoms with Gasteiger partial charge < -0.3 is 0 Å². The van der Waals surface area contributed by atoms with E-state index in [1.165, 1.54) is 0 Å².